The molecule has 0 aliphatic heterocycles. The number of methoxy groups -OCH3 is 1. The van der Waals surface area contributed by atoms with Gasteiger partial charge in [0.05, 0.1) is 23.7 Å². The van der Waals surface area contributed by atoms with Crippen molar-refractivity contribution in [3.05, 3.63) is 57.8 Å². The van der Waals surface area contributed by atoms with Gasteiger partial charge in [-0.05, 0) is 30.3 Å². The van der Waals surface area contributed by atoms with Crippen LogP contribution in [-0.4, -0.2) is 37.4 Å². The molecule has 0 unspecified atom stereocenters. The van der Waals surface area contributed by atoms with Gasteiger partial charge >= 0.3 is 0 Å². The Labute approximate surface area is 154 Å². The Bertz CT molecular complexity index is 791. The van der Waals surface area contributed by atoms with Crippen molar-refractivity contribution in [1.29, 1.82) is 0 Å². The van der Waals surface area contributed by atoms with Gasteiger partial charge in [0.2, 0.25) is 5.91 Å². The number of hydrogen-bond acceptors (Lipinski definition) is 3. The Morgan fingerprint density at radius 1 is 1.20 bits per heavy atom. The zero-order valence-electron chi connectivity index (χ0n) is 13.5. The minimum absolute atomic E-state index is 0.191. The molecule has 2 amide bonds. The summed E-state index contributed by atoms with van der Waals surface area (Å²) in [4.78, 5) is 25.6. The lowest BCUT2D eigenvalue weighted by atomic mass is 10.2. The SMILES string of the molecule is COc1c(Cl)cc(C(=O)N(C)CC(=O)Nc2cccc(F)c2)cc1Cl. The second kappa shape index (κ2) is 8.18. The smallest absolute Gasteiger partial charge is 0.254 e. The summed E-state index contributed by atoms with van der Waals surface area (Å²) in [6.07, 6.45) is 0. The number of ether oxygens (including phenoxy) is 1. The van der Waals surface area contributed by atoms with E-state index in [4.69, 9.17) is 27.9 Å². The normalized spacial score (nSPS) is 10.3. The largest absolute Gasteiger partial charge is 0.494 e. The molecular weight excluding hydrogens is 370 g/mol. The highest BCUT2D eigenvalue weighted by atomic mass is 35.5. The van der Waals surface area contributed by atoms with Crippen molar-refractivity contribution in [3.8, 4) is 5.75 Å². The van der Waals surface area contributed by atoms with Crippen LogP contribution in [0.15, 0.2) is 36.4 Å². The van der Waals surface area contributed by atoms with Crippen molar-refractivity contribution in [2.75, 3.05) is 26.0 Å². The Morgan fingerprint density at radius 3 is 2.40 bits per heavy atom. The van der Waals surface area contributed by atoms with E-state index in [-0.39, 0.29) is 27.9 Å². The average molecular weight is 385 g/mol. The Hall–Kier alpha value is -2.31. The van der Waals surface area contributed by atoms with Gasteiger partial charge in [-0.2, -0.15) is 0 Å². The fourth-order valence-corrected chi connectivity index (χ4v) is 2.79. The van der Waals surface area contributed by atoms with Crippen molar-refractivity contribution in [2.24, 2.45) is 0 Å². The number of nitrogens with one attached hydrogen (secondary N) is 1. The summed E-state index contributed by atoms with van der Waals surface area (Å²) in [5.74, 6) is -1.11. The van der Waals surface area contributed by atoms with Crippen molar-refractivity contribution in [3.63, 3.8) is 0 Å². The number of carbonyl (C=O) groups is 2. The summed E-state index contributed by atoms with van der Waals surface area (Å²) in [5, 5.41) is 2.90. The molecule has 0 aliphatic carbocycles. The molecule has 25 heavy (non-hydrogen) atoms. The second-order valence-corrected chi connectivity index (χ2v) is 6.01. The molecule has 2 rings (SSSR count). The van der Waals surface area contributed by atoms with E-state index in [0.29, 0.717) is 5.69 Å². The maximum absolute atomic E-state index is 13.1. The average Bonchev–Trinajstić information content (AvgIpc) is 2.53. The third-order valence-electron chi connectivity index (χ3n) is 3.29. The number of rotatable bonds is 5. The highest BCUT2D eigenvalue weighted by molar-refractivity contribution is 6.37. The van der Waals surface area contributed by atoms with E-state index in [9.17, 15) is 14.0 Å². The van der Waals surface area contributed by atoms with Crippen LogP contribution >= 0.6 is 23.2 Å². The van der Waals surface area contributed by atoms with E-state index >= 15 is 0 Å². The number of amides is 2. The summed E-state index contributed by atoms with van der Waals surface area (Å²) < 4.78 is 18.1. The zero-order chi connectivity index (χ0) is 18.6. The van der Waals surface area contributed by atoms with Gasteiger partial charge in [0.15, 0.2) is 5.75 Å². The van der Waals surface area contributed by atoms with Crippen molar-refractivity contribution < 1.29 is 18.7 Å². The fourth-order valence-electron chi connectivity index (χ4n) is 2.15. The molecule has 2 aromatic carbocycles. The van der Waals surface area contributed by atoms with E-state index in [1.54, 1.807) is 6.07 Å². The molecule has 0 bridgehead atoms. The van der Waals surface area contributed by atoms with Crippen LogP contribution in [0.4, 0.5) is 10.1 Å². The molecular formula is C17H15Cl2FN2O3. The van der Waals surface area contributed by atoms with Crippen LogP contribution in [0.3, 0.4) is 0 Å². The van der Waals surface area contributed by atoms with Crippen LogP contribution in [0, 0.1) is 5.82 Å². The molecule has 0 saturated carbocycles. The lowest BCUT2D eigenvalue weighted by molar-refractivity contribution is -0.116. The maximum atomic E-state index is 13.1. The number of carbonyl (C=O) groups excluding carboxylic acids is 2. The van der Waals surface area contributed by atoms with E-state index < -0.39 is 17.6 Å². The highest BCUT2D eigenvalue weighted by Gasteiger charge is 2.18. The molecule has 0 aromatic heterocycles. The van der Waals surface area contributed by atoms with Crippen LogP contribution in [0.5, 0.6) is 5.75 Å². The minimum atomic E-state index is -0.468. The molecule has 0 radical (unpaired) electrons. The monoisotopic (exact) mass is 384 g/mol. The van der Waals surface area contributed by atoms with Gasteiger partial charge < -0.3 is 15.0 Å². The van der Waals surface area contributed by atoms with Gasteiger partial charge in [0.25, 0.3) is 5.91 Å². The van der Waals surface area contributed by atoms with Gasteiger partial charge in [0, 0.05) is 18.3 Å². The maximum Gasteiger partial charge on any atom is 0.254 e. The summed E-state index contributed by atoms with van der Waals surface area (Å²) in [6, 6.07) is 8.29. The third-order valence-corrected chi connectivity index (χ3v) is 3.85. The number of likely N-dealkylation sites (N-methyl/N-ethyl adjacent to an activating group) is 1. The van der Waals surface area contributed by atoms with E-state index in [2.05, 4.69) is 5.32 Å². The topological polar surface area (TPSA) is 58.6 Å². The predicted octanol–water partition coefficient (Wildman–Crippen LogP) is 3.85. The first-order chi connectivity index (χ1) is 11.8. The first-order valence-corrected chi connectivity index (χ1v) is 7.91. The summed E-state index contributed by atoms with van der Waals surface area (Å²) in [6.45, 7) is -0.226. The molecule has 132 valence electrons. The number of nitrogens with zero attached hydrogens (tertiary/aromatic N) is 1. The Morgan fingerprint density at radius 2 is 1.84 bits per heavy atom. The van der Waals surface area contributed by atoms with Gasteiger partial charge in [-0.25, -0.2) is 4.39 Å². The summed E-state index contributed by atoms with van der Waals surface area (Å²) >= 11 is 12.0. The molecule has 8 heteroatoms. The molecule has 0 saturated heterocycles. The summed E-state index contributed by atoms with van der Waals surface area (Å²) in [7, 11) is 2.87. The number of benzene rings is 2. The van der Waals surface area contributed by atoms with Crippen molar-refractivity contribution in [2.45, 2.75) is 0 Å². The second-order valence-electron chi connectivity index (χ2n) is 5.19. The molecule has 1 N–H and O–H groups in total. The number of halogens is 3. The van der Waals surface area contributed by atoms with Gasteiger partial charge in [-0.3, -0.25) is 9.59 Å². The van der Waals surface area contributed by atoms with Crippen LogP contribution in [-0.2, 0) is 4.79 Å². The van der Waals surface area contributed by atoms with E-state index in [0.717, 1.165) is 0 Å². The third kappa shape index (κ3) is 4.84. The van der Waals surface area contributed by atoms with Crippen LogP contribution in [0.25, 0.3) is 0 Å². The highest BCUT2D eigenvalue weighted by Crippen LogP contribution is 2.34. The Balaban J connectivity index is 2.06. The minimum Gasteiger partial charge on any atom is -0.494 e. The zero-order valence-corrected chi connectivity index (χ0v) is 15.0. The van der Waals surface area contributed by atoms with Gasteiger partial charge in [-0.1, -0.05) is 29.3 Å². The van der Waals surface area contributed by atoms with Gasteiger partial charge in [-0.15, -0.1) is 0 Å². The molecule has 0 aliphatic rings. The predicted molar refractivity (Wildman–Crippen MR) is 95.0 cm³/mol. The molecule has 5 nitrogen and oxygen atoms in total. The lowest BCUT2D eigenvalue weighted by Crippen LogP contribution is -2.35. The first-order valence-electron chi connectivity index (χ1n) is 7.15. The van der Waals surface area contributed by atoms with Crippen LogP contribution in [0.1, 0.15) is 10.4 Å². The molecule has 0 spiro atoms. The van der Waals surface area contributed by atoms with Gasteiger partial charge in [0.1, 0.15) is 5.82 Å². The number of hydrogen-bond donors (Lipinski definition) is 1. The van der Waals surface area contributed by atoms with E-state index in [1.165, 1.54) is 49.4 Å². The fraction of sp³-hybridized carbons (Fsp3) is 0.176. The molecule has 0 heterocycles. The van der Waals surface area contributed by atoms with E-state index in [1.807, 2.05) is 0 Å². The first kappa shape index (κ1) is 19.0. The van der Waals surface area contributed by atoms with Crippen molar-refractivity contribution >= 4 is 40.7 Å². The van der Waals surface area contributed by atoms with Crippen LogP contribution < -0.4 is 10.1 Å². The quantitative estimate of drug-likeness (QED) is 0.851. The molecule has 0 fully saturated rings. The lowest BCUT2D eigenvalue weighted by Gasteiger charge is -2.18. The number of anilines is 1. The van der Waals surface area contributed by atoms with Crippen molar-refractivity contribution in [1.82, 2.24) is 4.90 Å². The molecule has 0 atom stereocenters. The Kier molecular flexibility index (Phi) is 6.22. The standard InChI is InChI=1S/C17H15Cl2FN2O3/c1-22(9-15(23)21-12-5-3-4-11(20)8-12)17(24)10-6-13(18)16(25-2)14(19)7-10/h3-8H,9H2,1-2H3,(H,21,23). The summed E-state index contributed by atoms with van der Waals surface area (Å²) in [5.41, 5.74) is 0.526. The van der Waals surface area contributed by atoms with Crippen LogP contribution in [0.2, 0.25) is 10.0 Å². The molecule has 2 aromatic rings.